The van der Waals surface area contributed by atoms with E-state index >= 15 is 0 Å². The van der Waals surface area contributed by atoms with E-state index in [-0.39, 0.29) is 5.91 Å². The van der Waals surface area contributed by atoms with Crippen molar-refractivity contribution in [2.45, 2.75) is 33.3 Å². The fourth-order valence-electron chi connectivity index (χ4n) is 2.23. The van der Waals surface area contributed by atoms with Crippen molar-refractivity contribution in [2.75, 3.05) is 20.7 Å². The van der Waals surface area contributed by atoms with Crippen LogP contribution in [0, 0.1) is 13.8 Å². The van der Waals surface area contributed by atoms with Gasteiger partial charge in [-0.05, 0) is 43.9 Å². The summed E-state index contributed by atoms with van der Waals surface area (Å²) >= 11 is 0. The van der Waals surface area contributed by atoms with E-state index in [0.29, 0.717) is 6.54 Å². The molecule has 0 saturated carbocycles. The lowest BCUT2D eigenvalue weighted by Gasteiger charge is -2.19. The monoisotopic (exact) mass is 265 g/mol. The van der Waals surface area contributed by atoms with Gasteiger partial charge in [-0.1, -0.05) is 12.1 Å². The van der Waals surface area contributed by atoms with Gasteiger partial charge in [-0.15, -0.1) is 0 Å². The SMILES string of the molecule is COc1c(C)cc(CCN(C)C(=O)C(C)O)cc1C. The van der Waals surface area contributed by atoms with Crippen LogP contribution in [0.2, 0.25) is 0 Å². The predicted molar refractivity (Wildman–Crippen MR) is 75.5 cm³/mol. The summed E-state index contributed by atoms with van der Waals surface area (Å²) < 4.78 is 5.33. The molecule has 1 rings (SSSR count). The van der Waals surface area contributed by atoms with E-state index < -0.39 is 6.10 Å². The van der Waals surface area contributed by atoms with E-state index in [4.69, 9.17) is 4.74 Å². The predicted octanol–water partition coefficient (Wildman–Crippen LogP) is 1.69. The van der Waals surface area contributed by atoms with Crippen molar-refractivity contribution in [3.8, 4) is 5.75 Å². The first-order valence-corrected chi connectivity index (χ1v) is 6.44. The molecule has 1 amide bonds. The van der Waals surface area contributed by atoms with Gasteiger partial charge in [-0.3, -0.25) is 4.79 Å². The third-order valence-corrected chi connectivity index (χ3v) is 3.19. The number of carbonyl (C=O) groups is 1. The van der Waals surface area contributed by atoms with Crippen LogP contribution in [0.1, 0.15) is 23.6 Å². The third-order valence-electron chi connectivity index (χ3n) is 3.19. The maximum Gasteiger partial charge on any atom is 0.250 e. The number of hydrogen-bond donors (Lipinski definition) is 1. The van der Waals surface area contributed by atoms with Crippen LogP contribution in [0.5, 0.6) is 5.75 Å². The normalized spacial score (nSPS) is 12.1. The van der Waals surface area contributed by atoms with E-state index in [2.05, 4.69) is 12.1 Å². The quantitative estimate of drug-likeness (QED) is 0.881. The minimum atomic E-state index is -0.940. The summed E-state index contributed by atoms with van der Waals surface area (Å²) in [6.07, 6.45) is -0.176. The number of nitrogens with zero attached hydrogens (tertiary/aromatic N) is 1. The standard InChI is InChI=1S/C15H23NO3/c1-10-8-13(9-11(2)14(10)19-5)6-7-16(4)15(18)12(3)17/h8-9,12,17H,6-7H2,1-5H3. The van der Waals surface area contributed by atoms with Crippen molar-refractivity contribution in [1.29, 1.82) is 0 Å². The highest BCUT2D eigenvalue weighted by atomic mass is 16.5. The Balaban J connectivity index is 2.71. The Bertz CT molecular complexity index is 432. The van der Waals surface area contributed by atoms with E-state index in [1.807, 2.05) is 13.8 Å². The second-order valence-electron chi connectivity index (χ2n) is 4.95. The first-order valence-electron chi connectivity index (χ1n) is 6.44. The molecule has 1 N–H and O–H groups in total. The van der Waals surface area contributed by atoms with E-state index in [9.17, 15) is 9.90 Å². The molecule has 19 heavy (non-hydrogen) atoms. The van der Waals surface area contributed by atoms with Crippen molar-refractivity contribution in [3.63, 3.8) is 0 Å². The van der Waals surface area contributed by atoms with Gasteiger partial charge in [0.15, 0.2) is 0 Å². The zero-order valence-electron chi connectivity index (χ0n) is 12.4. The van der Waals surface area contributed by atoms with E-state index in [1.165, 1.54) is 12.5 Å². The second kappa shape index (κ2) is 6.57. The largest absolute Gasteiger partial charge is 0.496 e. The number of benzene rings is 1. The summed E-state index contributed by atoms with van der Waals surface area (Å²) in [4.78, 5) is 13.1. The highest BCUT2D eigenvalue weighted by molar-refractivity contribution is 5.79. The third kappa shape index (κ3) is 3.96. The molecule has 1 aromatic carbocycles. The summed E-state index contributed by atoms with van der Waals surface area (Å²) in [5.74, 6) is 0.666. The van der Waals surface area contributed by atoms with Gasteiger partial charge < -0.3 is 14.7 Å². The molecule has 0 bridgehead atoms. The van der Waals surface area contributed by atoms with Gasteiger partial charge in [-0.2, -0.15) is 0 Å². The summed E-state index contributed by atoms with van der Waals surface area (Å²) in [6.45, 7) is 6.11. The molecule has 0 aliphatic rings. The Hall–Kier alpha value is -1.55. The zero-order chi connectivity index (χ0) is 14.6. The van der Waals surface area contributed by atoms with Gasteiger partial charge in [0.1, 0.15) is 11.9 Å². The number of amides is 1. The number of aliphatic hydroxyl groups is 1. The summed E-state index contributed by atoms with van der Waals surface area (Å²) in [7, 11) is 3.38. The number of rotatable bonds is 5. The molecule has 0 radical (unpaired) electrons. The Morgan fingerprint density at radius 1 is 1.37 bits per heavy atom. The summed E-state index contributed by atoms with van der Waals surface area (Å²) in [6, 6.07) is 4.15. The van der Waals surface area contributed by atoms with Gasteiger partial charge in [0.25, 0.3) is 5.91 Å². The van der Waals surface area contributed by atoms with Gasteiger partial charge in [0.05, 0.1) is 7.11 Å². The number of aryl methyl sites for hydroxylation is 2. The lowest BCUT2D eigenvalue weighted by Crippen LogP contribution is -2.35. The molecule has 1 unspecified atom stereocenters. The Morgan fingerprint density at radius 3 is 2.32 bits per heavy atom. The van der Waals surface area contributed by atoms with E-state index in [0.717, 1.165) is 23.3 Å². The van der Waals surface area contributed by atoms with Crippen molar-refractivity contribution in [1.82, 2.24) is 4.90 Å². The Morgan fingerprint density at radius 2 is 1.89 bits per heavy atom. The number of methoxy groups -OCH3 is 1. The molecule has 1 atom stereocenters. The van der Waals surface area contributed by atoms with Crippen LogP contribution in [-0.4, -0.2) is 42.7 Å². The van der Waals surface area contributed by atoms with Crippen LogP contribution >= 0.6 is 0 Å². The van der Waals surface area contributed by atoms with Gasteiger partial charge in [0, 0.05) is 13.6 Å². The molecular weight excluding hydrogens is 242 g/mol. The highest BCUT2D eigenvalue weighted by Crippen LogP contribution is 2.24. The van der Waals surface area contributed by atoms with Crippen LogP contribution < -0.4 is 4.74 Å². The molecule has 0 spiro atoms. The molecule has 1 aromatic rings. The Labute approximate surface area is 115 Å². The average Bonchev–Trinajstić information content (AvgIpc) is 2.34. The summed E-state index contributed by atoms with van der Waals surface area (Å²) in [5.41, 5.74) is 3.37. The van der Waals surface area contributed by atoms with E-state index in [1.54, 1.807) is 19.1 Å². The van der Waals surface area contributed by atoms with Gasteiger partial charge >= 0.3 is 0 Å². The molecule has 0 aromatic heterocycles. The molecule has 0 fully saturated rings. The lowest BCUT2D eigenvalue weighted by molar-refractivity contribution is -0.137. The smallest absolute Gasteiger partial charge is 0.250 e. The number of hydrogen-bond acceptors (Lipinski definition) is 3. The minimum Gasteiger partial charge on any atom is -0.496 e. The molecule has 0 heterocycles. The van der Waals surface area contributed by atoms with Crippen LogP contribution in [0.15, 0.2) is 12.1 Å². The number of ether oxygens (including phenoxy) is 1. The molecule has 4 heteroatoms. The molecule has 106 valence electrons. The first-order chi connectivity index (χ1) is 8.86. The van der Waals surface area contributed by atoms with Crippen LogP contribution in [0.4, 0.5) is 0 Å². The minimum absolute atomic E-state index is 0.248. The number of carbonyl (C=O) groups excluding carboxylic acids is 1. The average molecular weight is 265 g/mol. The molecule has 0 saturated heterocycles. The first kappa shape index (κ1) is 15.5. The summed E-state index contributed by atoms with van der Waals surface area (Å²) in [5, 5.41) is 9.24. The van der Waals surface area contributed by atoms with Crippen LogP contribution in [-0.2, 0) is 11.2 Å². The number of likely N-dealkylation sites (N-methyl/N-ethyl adjacent to an activating group) is 1. The van der Waals surface area contributed by atoms with Crippen molar-refractivity contribution >= 4 is 5.91 Å². The van der Waals surface area contributed by atoms with Gasteiger partial charge in [-0.25, -0.2) is 0 Å². The van der Waals surface area contributed by atoms with Crippen molar-refractivity contribution in [2.24, 2.45) is 0 Å². The maximum absolute atomic E-state index is 11.6. The Kier molecular flexibility index (Phi) is 5.36. The van der Waals surface area contributed by atoms with Crippen LogP contribution in [0.3, 0.4) is 0 Å². The fourth-order valence-corrected chi connectivity index (χ4v) is 2.23. The topological polar surface area (TPSA) is 49.8 Å². The van der Waals surface area contributed by atoms with Crippen molar-refractivity contribution < 1.29 is 14.6 Å². The number of aliphatic hydroxyl groups excluding tert-OH is 1. The highest BCUT2D eigenvalue weighted by Gasteiger charge is 2.14. The maximum atomic E-state index is 11.6. The zero-order valence-corrected chi connectivity index (χ0v) is 12.4. The molecule has 4 nitrogen and oxygen atoms in total. The van der Waals surface area contributed by atoms with Gasteiger partial charge in [0.2, 0.25) is 0 Å². The van der Waals surface area contributed by atoms with Crippen LogP contribution in [0.25, 0.3) is 0 Å². The molecule has 0 aliphatic carbocycles. The molecule has 0 aliphatic heterocycles. The molecular formula is C15H23NO3. The van der Waals surface area contributed by atoms with Crippen molar-refractivity contribution in [3.05, 3.63) is 28.8 Å². The fraction of sp³-hybridized carbons (Fsp3) is 0.533. The lowest BCUT2D eigenvalue weighted by atomic mass is 10.0. The second-order valence-corrected chi connectivity index (χ2v) is 4.95.